The van der Waals surface area contributed by atoms with Gasteiger partial charge >= 0.3 is 0 Å². The number of hydrogen-bond acceptors (Lipinski definition) is 4. The van der Waals surface area contributed by atoms with Crippen molar-refractivity contribution < 1.29 is 0 Å². The Balaban J connectivity index is 1.89. The van der Waals surface area contributed by atoms with E-state index in [2.05, 4.69) is 41.3 Å². The first-order valence-corrected chi connectivity index (χ1v) is 7.39. The fraction of sp³-hybridized carbons (Fsp3) is 0.500. The number of hydrogen-bond donors (Lipinski definition) is 0. The van der Waals surface area contributed by atoms with Crippen molar-refractivity contribution in [3.05, 3.63) is 34.1 Å². The Hall–Kier alpha value is -1.53. The molecule has 0 radical (unpaired) electrons. The van der Waals surface area contributed by atoms with Gasteiger partial charge in [-0.2, -0.15) is 4.68 Å². The topological polar surface area (TPSA) is 38.9 Å². The predicted molar refractivity (Wildman–Crippen MR) is 80.5 cm³/mol. The maximum absolute atomic E-state index is 5.49. The van der Waals surface area contributed by atoms with Crippen molar-refractivity contribution in [1.29, 1.82) is 0 Å². The van der Waals surface area contributed by atoms with Crippen molar-refractivity contribution in [3.8, 4) is 5.69 Å². The van der Waals surface area contributed by atoms with Crippen molar-refractivity contribution in [2.45, 2.75) is 33.4 Å². The molecular formula is C14H19N5S. The molecule has 1 saturated heterocycles. The number of tetrazole rings is 1. The molecule has 1 aliphatic rings. The molecule has 2 heterocycles. The third kappa shape index (κ3) is 2.53. The standard InChI is InChI=1S/C14H19N5S/c1-11-5-6-13(9-12(11)2)19-14(20)18(15-16-19)10-17-7-3-4-8-17/h5-6,9H,3-4,7-8,10H2,1-2H3. The third-order valence-electron chi connectivity index (χ3n) is 3.91. The zero-order valence-electron chi connectivity index (χ0n) is 11.9. The Morgan fingerprint density at radius 1 is 1.10 bits per heavy atom. The molecule has 0 aliphatic carbocycles. The molecule has 1 fully saturated rings. The summed E-state index contributed by atoms with van der Waals surface area (Å²) in [6.07, 6.45) is 2.53. The normalized spacial score (nSPS) is 15.9. The Morgan fingerprint density at radius 3 is 2.55 bits per heavy atom. The van der Waals surface area contributed by atoms with Crippen molar-refractivity contribution in [1.82, 2.24) is 24.7 Å². The van der Waals surface area contributed by atoms with E-state index in [0.717, 1.165) is 25.4 Å². The molecule has 0 atom stereocenters. The smallest absolute Gasteiger partial charge is 0.221 e. The van der Waals surface area contributed by atoms with Crippen molar-refractivity contribution in [3.63, 3.8) is 0 Å². The number of aryl methyl sites for hydroxylation is 2. The Labute approximate surface area is 123 Å². The van der Waals surface area contributed by atoms with Crippen LogP contribution in [0.25, 0.3) is 5.69 Å². The highest BCUT2D eigenvalue weighted by atomic mass is 32.1. The van der Waals surface area contributed by atoms with Gasteiger partial charge in [0.15, 0.2) is 0 Å². The van der Waals surface area contributed by atoms with E-state index in [0.29, 0.717) is 4.77 Å². The summed E-state index contributed by atoms with van der Waals surface area (Å²) in [5.74, 6) is 0. The van der Waals surface area contributed by atoms with Crippen molar-refractivity contribution in [2.75, 3.05) is 13.1 Å². The summed E-state index contributed by atoms with van der Waals surface area (Å²) >= 11 is 5.49. The lowest BCUT2D eigenvalue weighted by Crippen LogP contribution is -2.23. The van der Waals surface area contributed by atoms with Gasteiger partial charge in [-0.1, -0.05) is 6.07 Å². The van der Waals surface area contributed by atoms with Gasteiger partial charge in [0.1, 0.15) is 0 Å². The van der Waals surface area contributed by atoms with E-state index in [4.69, 9.17) is 12.2 Å². The third-order valence-corrected chi connectivity index (χ3v) is 4.29. The average molecular weight is 289 g/mol. The Morgan fingerprint density at radius 2 is 1.85 bits per heavy atom. The highest BCUT2D eigenvalue weighted by molar-refractivity contribution is 7.71. The van der Waals surface area contributed by atoms with Crippen LogP contribution in [0.4, 0.5) is 0 Å². The van der Waals surface area contributed by atoms with Gasteiger partial charge in [0.05, 0.1) is 12.4 Å². The lowest BCUT2D eigenvalue weighted by atomic mass is 10.1. The fourth-order valence-electron chi connectivity index (χ4n) is 2.50. The Kier molecular flexibility index (Phi) is 3.67. The van der Waals surface area contributed by atoms with Gasteiger partial charge in [-0.05, 0) is 85.7 Å². The fourth-order valence-corrected chi connectivity index (χ4v) is 2.73. The van der Waals surface area contributed by atoms with Gasteiger partial charge in [0.25, 0.3) is 0 Å². The van der Waals surface area contributed by atoms with Crippen LogP contribution in [0.1, 0.15) is 24.0 Å². The second-order valence-corrected chi connectivity index (χ2v) is 5.77. The summed E-state index contributed by atoms with van der Waals surface area (Å²) in [6.45, 7) is 7.18. The van der Waals surface area contributed by atoms with Gasteiger partial charge in [0, 0.05) is 0 Å². The molecular weight excluding hydrogens is 270 g/mol. The van der Waals surface area contributed by atoms with E-state index in [-0.39, 0.29) is 0 Å². The van der Waals surface area contributed by atoms with Crippen molar-refractivity contribution in [2.24, 2.45) is 0 Å². The predicted octanol–water partition coefficient (Wildman–Crippen LogP) is 2.47. The summed E-state index contributed by atoms with van der Waals surface area (Å²) in [7, 11) is 0. The molecule has 106 valence electrons. The lowest BCUT2D eigenvalue weighted by molar-refractivity contribution is 0.251. The van der Waals surface area contributed by atoms with E-state index >= 15 is 0 Å². The highest BCUT2D eigenvalue weighted by Crippen LogP contribution is 2.14. The average Bonchev–Trinajstić information content (AvgIpc) is 3.05. The second-order valence-electron chi connectivity index (χ2n) is 5.41. The minimum Gasteiger partial charge on any atom is -0.284 e. The SMILES string of the molecule is Cc1ccc(-n2nnn(CN3CCCC3)c2=S)cc1C. The molecule has 5 nitrogen and oxygen atoms in total. The molecule has 20 heavy (non-hydrogen) atoms. The van der Waals surface area contributed by atoms with Crippen molar-refractivity contribution >= 4 is 12.2 Å². The van der Waals surface area contributed by atoms with E-state index in [1.807, 2.05) is 6.07 Å². The van der Waals surface area contributed by atoms with Crippen LogP contribution in [0, 0.1) is 18.6 Å². The monoisotopic (exact) mass is 289 g/mol. The van der Waals surface area contributed by atoms with Crippen LogP contribution in [0.15, 0.2) is 18.2 Å². The molecule has 0 unspecified atom stereocenters. The van der Waals surface area contributed by atoms with Crippen LogP contribution in [0.5, 0.6) is 0 Å². The van der Waals surface area contributed by atoms with E-state index in [1.165, 1.54) is 24.0 Å². The molecule has 0 amide bonds. The molecule has 6 heteroatoms. The zero-order chi connectivity index (χ0) is 14.1. The molecule has 3 rings (SSSR count). The van der Waals surface area contributed by atoms with Gasteiger partial charge < -0.3 is 0 Å². The molecule has 1 aromatic heterocycles. The maximum Gasteiger partial charge on any atom is 0.221 e. The molecule has 0 spiro atoms. The van der Waals surface area contributed by atoms with Crippen LogP contribution >= 0.6 is 12.2 Å². The maximum atomic E-state index is 5.49. The number of rotatable bonds is 3. The number of likely N-dealkylation sites (tertiary alicyclic amines) is 1. The summed E-state index contributed by atoms with van der Waals surface area (Å²) in [6, 6.07) is 6.22. The molecule has 0 bridgehead atoms. The summed E-state index contributed by atoms with van der Waals surface area (Å²) in [4.78, 5) is 2.36. The van der Waals surface area contributed by atoms with Gasteiger partial charge in [0.2, 0.25) is 4.77 Å². The second kappa shape index (κ2) is 5.46. The minimum atomic E-state index is 0.653. The zero-order valence-corrected chi connectivity index (χ0v) is 12.7. The van der Waals surface area contributed by atoms with E-state index in [1.54, 1.807) is 9.36 Å². The summed E-state index contributed by atoms with van der Waals surface area (Å²) in [5.41, 5.74) is 3.48. The quantitative estimate of drug-likeness (QED) is 0.814. The van der Waals surface area contributed by atoms with Gasteiger partial charge in [-0.15, -0.1) is 0 Å². The largest absolute Gasteiger partial charge is 0.284 e. The van der Waals surface area contributed by atoms with Gasteiger partial charge in [-0.25, -0.2) is 4.68 Å². The van der Waals surface area contributed by atoms with E-state index < -0.39 is 0 Å². The number of nitrogens with zero attached hydrogens (tertiary/aromatic N) is 5. The first-order valence-electron chi connectivity index (χ1n) is 6.98. The first kappa shape index (κ1) is 13.5. The van der Waals surface area contributed by atoms with Crippen LogP contribution in [-0.2, 0) is 6.67 Å². The molecule has 1 aromatic carbocycles. The van der Waals surface area contributed by atoms with Crippen LogP contribution in [0.3, 0.4) is 0 Å². The summed E-state index contributed by atoms with van der Waals surface area (Å²) in [5, 5.41) is 8.39. The van der Waals surface area contributed by atoms with Gasteiger partial charge in [-0.3, -0.25) is 4.90 Å². The molecule has 0 saturated carbocycles. The minimum absolute atomic E-state index is 0.653. The first-order chi connectivity index (χ1) is 9.65. The summed E-state index contributed by atoms with van der Waals surface area (Å²) < 4.78 is 4.19. The lowest BCUT2D eigenvalue weighted by Gasteiger charge is -2.13. The molecule has 0 N–H and O–H groups in total. The van der Waals surface area contributed by atoms with E-state index in [9.17, 15) is 0 Å². The van der Waals surface area contributed by atoms with Crippen LogP contribution in [0.2, 0.25) is 0 Å². The highest BCUT2D eigenvalue weighted by Gasteiger charge is 2.14. The molecule has 2 aromatic rings. The Bertz CT molecular complexity index is 666. The number of benzene rings is 1. The van der Waals surface area contributed by atoms with Crippen LogP contribution < -0.4 is 0 Å². The molecule has 1 aliphatic heterocycles. The number of aromatic nitrogens is 4. The van der Waals surface area contributed by atoms with Crippen LogP contribution in [-0.4, -0.2) is 37.8 Å².